The number of benzene rings is 1. The first-order chi connectivity index (χ1) is 14.9. The number of likely N-dealkylation sites (tertiary alicyclic amines) is 1. The quantitative estimate of drug-likeness (QED) is 0.554. The Morgan fingerprint density at radius 1 is 1.32 bits per heavy atom. The Kier molecular flexibility index (Phi) is 5.77. The zero-order valence-corrected chi connectivity index (χ0v) is 17.6. The summed E-state index contributed by atoms with van der Waals surface area (Å²) in [6, 6.07) is 6.92. The van der Waals surface area contributed by atoms with Gasteiger partial charge in [-0.25, -0.2) is 4.98 Å². The summed E-state index contributed by atoms with van der Waals surface area (Å²) >= 11 is 0. The zero-order chi connectivity index (χ0) is 22.0. The molecule has 0 aliphatic carbocycles. The van der Waals surface area contributed by atoms with Gasteiger partial charge in [0.2, 0.25) is 0 Å². The maximum Gasteiger partial charge on any atom is 0.255 e. The molecule has 31 heavy (non-hydrogen) atoms. The van der Waals surface area contributed by atoms with Gasteiger partial charge in [-0.2, -0.15) is 5.10 Å². The van der Waals surface area contributed by atoms with Crippen LogP contribution < -0.4 is 15.8 Å². The van der Waals surface area contributed by atoms with Crippen LogP contribution in [0.25, 0.3) is 11.1 Å². The lowest BCUT2D eigenvalue weighted by molar-refractivity contribution is 0.0938. The molecular weight excluding hydrogens is 396 g/mol. The molecule has 1 aromatic carbocycles. The molecule has 4 N–H and O–H groups in total. The molecule has 3 heterocycles. The Balaban J connectivity index is 1.41. The first kappa shape index (κ1) is 20.7. The summed E-state index contributed by atoms with van der Waals surface area (Å²) in [6.07, 6.45) is 6.03. The molecule has 3 aromatic rings. The molecule has 162 valence electrons. The van der Waals surface area contributed by atoms with Crippen LogP contribution >= 0.6 is 0 Å². The van der Waals surface area contributed by atoms with Gasteiger partial charge >= 0.3 is 0 Å². The Morgan fingerprint density at radius 2 is 2.16 bits per heavy atom. The third-order valence-corrected chi connectivity index (χ3v) is 5.49. The SMILES string of the molecule is COc1ccc(O)c(CN2CC[C@@H](NC(=O)c3cc(-c4cnn(C)c4)cnc3N)C2)c1. The van der Waals surface area contributed by atoms with Gasteiger partial charge in [-0.1, -0.05) is 0 Å². The maximum atomic E-state index is 12.9. The number of nitrogens with two attached hydrogens (primary N) is 1. The van der Waals surface area contributed by atoms with Crippen LogP contribution in [0.3, 0.4) is 0 Å². The van der Waals surface area contributed by atoms with Crippen molar-refractivity contribution in [3.8, 4) is 22.6 Å². The smallest absolute Gasteiger partial charge is 0.255 e. The molecule has 0 saturated carbocycles. The van der Waals surface area contributed by atoms with Crippen LogP contribution in [0.2, 0.25) is 0 Å². The molecule has 0 radical (unpaired) electrons. The molecule has 1 aliphatic heterocycles. The largest absolute Gasteiger partial charge is 0.508 e. The minimum absolute atomic E-state index is 0.0123. The molecule has 0 spiro atoms. The van der Waals surface area contributed by atoms with Crippen LogP contribution in [-0.4, -0.2) is 56.9 Å². The van der Waals surface area contributed by atoms with Crippen LogP contribution in [0.1, 0.15) is 22.3 Å². The molecule has 1 amide bonds. The number of nitrogens with one attached hydrogen (secondary N) is 1. The second kappa shape index (κ2) is 8.65. The Hall–Kier alpha value is -3.59. The molecule has 4 rings (SSSR count). The number of rotatable bonds is 6. The van der Waals surface area contributed by atoms with E-state index >= 15 is 0 Å². The van der Waals surface area contributed by atoms with E-state index in [4.69, 9.17) is 10.5 Å². The predicted molar refractivity (Wildman–Crippen MR) is 117 cm³/mol. The number of aromatic hydroxyl groups is 1. The molecule has 1 saturated heterocycles. The molecule has 0 unspecified atom stereocenters. The Morgan fingerprint density at radius 3 is 2.90 bits per heavy atom. The number of amides is 1. The lowest BCUT2D eigenvalue weighted by Gasteiger charge is -2.18. The second-order valence-electron chi connectivity index (χ2n) is 7.75. The highest BCUT2D eigenvalue weighted by Gasteiger charge is 2.26. The van der Waals surface area contributed by atoms with E-state index in [1.165, 1.54) is 0 Å². The van der Waals surface area contributed by atoms with Crippen LogP contribution in [0.15, 0.2) is 42.9 Å². The average Bonchev–Trinajstić information content (AvgIpc) is 3.38. The van der Waals surface area contributed by atoms with Gasteiger partial charge in [0, 0.05) is 61.8 Å². The lowest BCUT2D eigenvalue weighted by Crippen LogP contribution is -2.37. The lowest BCUT2D eigenvalue weighted by atomic mass is 10.1. The normalized spacial score (nSPS) is 16.4. The molecule has 1 fully saturated rings. The highest BCUT2D eigenvalue weighted by Crippen LogP contribution is 2.26. The van der Waals surface area contributed by atoms with E-state index in [-0.39, 0.29) is 23.5 Å². The van der Waals surface area contributed by atoms with Gasteiger partial charge in [0.05, 0.1) is 18.9 Å². The molecule has 9 heteroatoms. The first-order valence-corrected chi connectivity index (χ1v) is 10.1. The summed E-state index contributed by atoms with van der Waals surface area (Å²) in [4.78, 5) is 19.3. The number of carbonyl (C=O) groups is 1. The summed E-state index contributed by atoms with van der Waals surface area (Å²) in [5.41, 5.74) is 8.78. The van der Waals surface area contributed by atoms with Crippen molar-refractivity contribution in [2.75, 3.05) is 25.9 Å². The molecular formula is C22H26N6O3. The summed E-state index contributed by atoms with van der Waals surface area (Å²) in [6.45, 7) is 2.07. The van der Waals surface area contributed by atoms with Gasteiger partial charge < -0.3 is 20.9 Å². The fraction of sp³-hybridized carbons (Fsp3) is 0.318. The van der Waals surface area contributed by atoms with Crippen molar-refractivity contribution in [2.45, 2.75) is 19.0 Å². The standard InChI is InChI=1S/C22H26N6O3/c1-27-11-16(10-25-27)14-8-19(21(23)24-9-14)22(30)26-17-5-6-28(13-17)12-15-7-18(31-2)3-4-20(15)29/h3-4,7-11,17,29H,5-6,12-13H2,1-2H3,(H2,23,24)(H,26,30)/t17-/m1/s1. The number of aryl methyl sites for hydroxylation is 1. The van der Waals surface area contributed by atoms with Crippen molar-refractivity contribution in [3.05, 3.63) is 54.0 Å². The molecule has 1 aliphatic rings. The van der Waals surface area contributed by atoms with Crippen molar-refractivity contribution in [1.82, 2.24) is 25.0 Å². The second-order valence-corrected chi connectivity index (χ2v) is 7.75. The topological polar surface area (TPSA) is 119 Å². The number of aromatic nitrogens is 3. The van der Waals surface area contributed by atoms with Gasteiger partial charge in [0.25, 0.3) is 5.91 Å². The van der Waals surface area contributed by atoms with Crippen molar-refractivity contribution >= 4 is 11.7 Å². The minimum atomic E-state index is -0.244. The summed E-state index contributed by atoms with van der Waals surface area (Å²) < 4.78 is 6.93. The van der Waals surface area contributed by atoms with Crippen LogP contribution in [-0.2, 0) is 13.6 Å². The number of pyridine rings is 1. The number of nitrogen functional groups attached to an aromatic ring is 1. The molecule has 0 bridgehead atoms. The van der Waals surface area contributed by atoms with E-state index in [1.807, 2.05) is 19.3 Å². The number of hydrogen-bond acceptors (Lipinski definition) is 7. The van der Waals surface area contributed by atoms with E-state index < -0.39 is 0 Å². The summed E-state index contributed by atoms with van der Waals surface area (Å²) in [7, 11) is 3.43. The number of ether oxygens (including phenoxy) is 1. The number of carbonyl (C=O) groups excluding carboxylic acids is 1. The van der Waals surface area contributed by atoms with E-state index in [2.05, 4.69) is 20.3 Å². The highest BCUT2D eigenvalue weighted by atomic mass is 16.5. The zero-order valence-electron chi connectivity index (χ0n) is 17.6. The van der Waals surface area contributed by atoms with Gasteiger partial charge in [-0.3, -0.25) is 14.4 Å². The van der Waals surface area contributed by atoms with Crippen LogP contribution in [0, 0.1) is 0 Å². The number of phenolic OH excluding ortho intramolecular Hbond substituents is 1. The number of nitrogens with zero attached hydrogens (tertiary/aromatic N) is 4. The monoisotopic (exact) mass is 422 g/mol. The maximum absolute atomic E-state index is 12.9. The number of hydrogen-bond donors (Lipinski definition) is 3. The fourth-order valence-electron chi connectivity index (χ4n) is 3.80. The van der Waals surface area contributed by atoms with Gasteiger partial charge in [-0.05, 0) is 30.7 Å². The third kappa shape index (κ3) is 4.61. The van der Waals surface area contributed by atoms with Gasteiger partial charge in [-0.15, -0.1) is 0 Å². The molecule has 9 nitrogen and oxygen atoms in total. The summed E-state index contributed by atoms with van der Waals surface area (Å²) in [5, 5.41) is 17.3. The van der Waals surface area contributed by atoms with Crippen LogP contribution in [0.4, 0.5) is 5.82 Å². The molecule has 2 aromatic heterocycles. The van der Waals surface area contributed by atoms with E-state index in [1.54, 1.807) is 42.4 Å². The fourth-order valence-corrected chi connectivity index (χ4v) is 3.80. The van der Waals surface area contributed by atoms with Crippen molar-refractivity contribution in [2.24, 2.45) is 7.05 Å². The third-order valence-electron chi connectivity index (χ3n) is 5.49. The predicted octanol–water partition coefficient (Wildman–Crippen LogP) is 1.78. The number of methoxy groups -OCH3 is 1. The van der Waals surface area contributed by atoms with Crippen molar-refractivity contribution in [1.29, 1.82) is 0 Å². The minimum Gasteiger partial charge on any atom is -0.508 e. The van der Waals surface area contributed by atoms with E-state index in [0.717, 1.165) is 29.7 Å². The van der Waals surface area contributed by atoms with E-state index in [9.17, 15) is 9.90 Å². The van der Waals surface area contributed by atoms with Crippen LogP contribution in [0.5, 0.6) is 11.5 Å². The van der Waals surface area contributed by atoms with E-state index in [0.29, 0.717) is 24.4 Å². The van der Waals surface area contributed by atoms with Gasteiger partial charge in [0.15, 0.2) is 0 Å². The number of anilines is 1. The van der Waals surface area contributed by atoms with Crippen molar-refractivity contribution in [3.63, 3.8) is 0 Å². The Labute approximate surface area is 180 Å². The van der Waals surface area contributed by atoms with Crippen molar-refractivity contribution < 1.29 is 14.6 Å². The number of phenols is 1. The first-order valence-electron chi connectivity index (χ1n) is 10.1. The average molecular weight is 422 g/mol. The van der Waals surface area contributed by atoms with Gasteiger partial charge in [0.1, 0.15) is 17.3 Å². The molecule has 1 atom stereocenters. The summed E-state index contributed by atoms with van der Waals surface area (Å²) in [5.74, 6) is 0.890. The Bertz CT molecular complexity index is 1100. The highest BCUT2D eigenvalue weighted by molar-refractivity contribution is 5.99.